The number of imide groups is 1. The van der Waals surface area contributed by atoms with Crippen molar-refractivity contribution in [1.82, 2.24) is 10.6 Å². The molecule has 2 rings (SSSR count). The van der Waals surface area contributed by atoms with E-state index in [1.54, 1.807) is 26.0 Å². The smallest absolute Gasteiger partial charge is 0.331 e. The summed E-state index contributed by atoms with van der Waals surface area (Å²) in [5.74, 6) is -0.535. The van der Waals surface area contributed by atoms with Crippen molar-refractivity contribution in [3.63, 3.8) is 0 Å². The topological polar surface area (TPSA) is 103 Å². The monoisotopic (exact) mass is 382 g/mol. The van der Waals surface area contributed by atoms with Crippen molar-refractivity contribution in [1.29, 1.82) is 0 Å². The van der Waals surface area contributed by atoms with Crippen molar-refractivity contribution in [2.24, 2.45) is 0 Å². The summed E-state index contributed by atoms with van der Waals surface area (Å²) < 4.78 is 15.4. The number of ether oxygens (including phenoxy) is 3. The van der Waals surface area contributed by atoms with Gasteiger partial charge in [0.05, 0.1) is 5.02 Å². The van der Waals surface area contributed by atoms with E-state index in [1.807, 2.05) is 0 Å². The van der Waals surface area contributed by atoms with Crippen molar-refractivity contribution >= 4 is 35.6 Å². The van der Waals surface area contributed by atoms with Gasteiger partial charge in [0, 0.05) is 12.1 Å². The van der Waals surface area contributed by atoms with Gasteiger partial charge in [-0.2, -0.15) is 0 Å². The average Bonchev–Trinajstić information content (AvgIpc) is 3.01. The fourth-order valence-corrected chi connectivity index (χ4v) is 2.30. The van der Waals surface area contributed by atoms with Crippen LogP contribution < -0.4 is 20.1 Å². The van der Waals surface area contributed by atoms with Crippen LogP contribution in [0.1, 0.15) is 26.3 Å². The van der Waals surface area contributed by atoms with Crippen LogP contribution in [0.25, 0.3) is 6.08 Å². The Morgan fingerprint density at radius 2 is 1.96 bits per heavy atom. The molecule has 0 aromatic heterocycles. The maximum absolute atomic E-state index is 11.8. The minimum atomic E-state index is -1.13. The maximum atomic E-state index is 11.8. The summed E-state index contributed by atoms with van der Waals surface area (Å²) in [6.07, 6.45) is 1.48. The number of benzene rings is 1. The minimum Gasteiger partial charge on any atom is -0.454 e. The number of nitrogens with one attached hydrogen (secondary N) is 2. The molecule has 26 heavy (non-hydrogen) atoms. The summed E-state index contributed by atoms with van der Waals surface area (Å²) in [4.78, 5) is 35.1. The van der Waals surface area contributed by atoms with E-state index in [9.17, 15) is 14.4 Å². The molecule has 1 heterocycles. The third kappa shape index (κ3) is 5.38. The highest BCUT2D eigenvalue weighted by Crippen LogP contribution is 2.40. The SMILES string of the molecule is CC(C)NC(=O)NC(=O)[C@@H](C)OC(=O)/C=C/c1cc(Cl)c2c(c1)OCO2. The van der Waals surface area contributed by atoms with Gasteiger partial charge in [-0.05, 0) is 44.5 Å². The zero-order chi connectivity index (χ0) is 19.3. The predicted molar refractivity (Wildman–Crippen MR) is 94.0 cm³/mol. The highest BCUT2D eigenvalue weighted by atomic mass is 35.5. The Morgan fingerprint density at radius 3 is 2.65 bits per heavy atom. The Balaban J connectivity index is 1.89. The number of halogens is 1. The van der Waals surface area contributed by atoms with E-state index in [-0.39, 0.29) is 12.8 Å². The van der Waals surface area contributed by atoms with Crippen LogP contribution in [-0.2, 0) is 14.3 Å². The molecule has 1 aliphatic heterocycles. The summed E-state index contributed by atoms with van der Waals surface area (Å²) in [5, 5.41) is 4.94. The molecule has 0 radical (unpaired) electrons. The second-order valence-corrected chi connectivity index (χ2v) is 6.17. The van der Waals surface area contributed by atoms with E-state index in [4.69, 9.17) is 25.8 Å². The number of esters is 1. The Morgan fingerprint density at radius 1 is 1.23 bits per heavy atom. The number of amides is 3. The van der Waals surface area contributed by atoms with Crippen LogP contribution in [0.4, 0.5) is 4.79 Å². The molecule has 0 saturated carbocycles. The van der Waals surface area contributed by atoms with Crippen molar-refractivity contribution < 1.29 is 28.6 Å². The second-order valence-electron chi connectivity index (χ2n) is 5.77. The van der Waals surface area contributed by atoms with Gasteiger partial charge in [0.25, 0.3) is 5.91 Å². The van der Waals surface area contributed by atoms with Crippen molar-refractivity contribution in [3.05, 3.63) is 28.8 Å². The van der Waals surface area contributed by atoms with Gasteiger partial charge in [-0.15, -0.1) is 0 Å². The number of carbonyl (C=O) groups excluding carboxylic acids is 3. The fourth-order valence-electron chi connectivity index (χ4n) is 2.03. The van der Waals surface area contributed by atoms with Crippen molar-refractivity contribution in [2.45, 2.75) is 32.9 Å². The molecule has 0 unspecified atom stereocenters. The zero-order valence-electron chi connectivity index (χ0n) is 14.5. The zero-order valence-corrected chi connectivity index (χ0v) is 15.3. The lowest BCUT2D eigenvalue weighted by atomic mass is 10.2. The Bertz CT molecular complexity index is 747. The molecule has 1 atom stereocenters. The first kappa shape index (κ1) is 19.6. The van der Waals surface area contributed by atoms with E-state index < -0.39 is 24.0 Å². The molecule has 0 bridgehead atoms. The highest BCUT2D eigenvalue weighted by molar-refractivity contribution is 6.32. The van der Waals surface area contributed by atoms with E-state index in [2.05, 4.69) is 10.6 Å². The Labute approximate surface area is 155 Å². The summed E-state index contributed by atoms with van der Waals surface area (Å²) in [6, 6.07) is 2.48. The highest BCUT2D eigenvalue weighted by Gasteiger charge is 2.20. The van der Waals surface area contributed by atoms with Crippen LogP contribution in [0.2, 0.25) is 5.02 Å². The van der Waals surface area contributed by atoms with Crippen LogP contribution in [0.5, 0.6) is 11.5 Å². The van der Waals surface area contributed by atoms with Crippen molar-refractivity contribution in [2.75, 3.05) is 6.79 Å². The summed E-state index contributed by atoms with van der Waals surface area (Å²) >= 11 is 6.05. The predicted octanol–water partition coefficient (Wildman–Crippen LogP) is 2.25. The number of carbonyl (C=O) groups is 3. The molecular formula is C17H19ClN2O6. The van der Waals surface area contributed by atoms with Crippen LogP contribution >= 0.6 is 11.6 Å². The lowest BCUT2D eigenvalue weighted by molar-refractivity contribution is -0.149. The van der Waals surface area contributed by atoms with Crippen molar-refractivity contribution in [3.8, 4) is 11.5 Å². The number of fused-ring (bicyclic) bond motifs is 1. The van der Waals surface area contributed by atoms with Crippen LogP contribution in [0, 0.1) is 0 Å². The first-order valence-electron chi connectivity index (χ1n) is 7.85. The molecule has 0 aliphatic carbocycles. The third-order valence-corrected chi connectivity index (χ3v) is 3.46. The number of hydrogen-bond donors (Lipinski definition) is 2. The van der Waals surface area contributed by atoms with E-state index in [0.717, 1.165) is 6.08 Å². The Kier molecular flexibility index (Phi) is 6.46. The van der Waals surface area contributed by atoms with Gasteiger partial charge >= 0.3 is 12.0 Å². The van der Waals surface area contributed by atoms with E-state index in [1.165, 1.54) is 13.0 Å². The van der Waals surface area contributed by atoms with Gasteiger partial charge in [-0.1, -0.05) is 11.6 Å². The Hall–Kier alpha value is -2.74. The fraction of sp³-hybridized carbons (Fsp3) is 0.353. The van der Waals surface area contributed by atoms with Gasteiger partial charge in [-0.25, -0.2) is 9.59 Å². The van der Waals surface area contributed by atoms with E-state index >= 15 is 0 Å². The van der Waals surface area contributed by atoms with Gasteiger partial charge in [0.2, 0.25) is 6.79 Å². The molecule has 1 aliphatic rings. The van der Waals surface area contributed by atoms with Crippen LogP contribution in [0.3, 0.4) is 0 Å². The standard InChI is InChI=1S/C17H19ClN2O6/c1-9(2)19-17(23)20-16(22)10(3)26-14(21)5-4-11-6-12(18)15-13(7-11)24-8-25-15/h4-7,9-10H,8H2,1-3H3,(H2,19,20,22,23)/b5-4+/t10-/m1/s1. The van der Waals surface area contributed by atoms with Gasteiger partial charge in [0.1, 0.15) is 0 Å². The molecule has 140 valence electrons. The minimum absolute atomic E-state index is 0.0846. The molecule has 8 nitrogen and oxygen atoms in total. The van der Waals surface area contributed by atoms with Crippen LogP contribution in [0.15, 0.2) is 18.2 Å². The summed E-state index contributed by atoms with van der Waals surface area (Å²) in [6.45, 7) is 4.95. The first-order valence-corrected chi connectivity index (χ1v) is 8.23. The number of rotatable bonds is 5. The van der Waals surface area contributed by atoms with Gasteiger partial charge < -0.3 is 19.5 Å². The molecule has 1 aromatic rings. The molecule has 0 saturated heterocycles. The number of hydrogen-bond acceptors (Lipinski definition) is 6. The van der Waals surface area contributed by atoms with Gasteiger partial charge in [-0.3, -0.25) is 10.1 Å². The quantitative estimate of drug-likeness (QED) is 0.598. The second kappa shape index (κ2) is 8.57. The molecular weight excluding hydrogens is 364 g/mol. The van der Waals surface area contributed by atoms with Crippen LogP contribution in [-0.4, -0.2) is 36.8 Å². The maximum Gasteiger partial charge on any atom is 0.331 e. The third-order valence-electron chi connectivity index (χ3n) is 3.18. The summed E-state index contributed by atoms with van der Waals surface area (Å²) in [5.41, 5.74) is 0.601. The lowest BCUT2D eigenvalue weighted by Crippen LogP contribution is -2.46. The molecule has 2 N–H and O–H groups in total. The van der Waals surface area contributed by atoms with Gasteiger partial charge in [0.15, 0.2) is 17.6 Å². The molecule has 0 spiro atoms. The molecule has 9 heteroatoms. The molecule has 1 aromatic carbocycles. The molecule has 3 amide bonds. The lowest BCUT2D eigenvalue weighted by Gasteiger charge is -2.13. The normalized spacial score (nSPS) is 13.6. The summed E-state index contributed by atoms with van der Waals surface area (Å²) in [7, 11) is 0. The largest absolute Gasteiger partial charge is 0.454 e. The average molecular weight is 383 g/mol. The van der Waals surface area contributed by atoms with E-state index in [0.29, 0.717) is 22.1 Å². The first-order chi connectivity index (χ1) is 12.3. The molecule has 0 fully saturated rings. The number of urea groups is 1.